The number of aliphatic carboxylic acids is 1. The largest absolute Gasteiger partial charge is 0.481 e. The molecule has 176 valence electrons. The van der Waals surface area contributed by atoms with Gasteiger partial charge in [-0.15, -0.1) is 0 Å². The van der Waals surface area contributed by atoms with Gasteiger partial charge in [0.2, 0.25) is 0 Å². The van der Waals surface area contributed by atoms with Crippen LogP contribution in [0.2, 0.25) is 5.02 Å². The molecule has 2 aliphatic rings. The van der Waals surface area contributed by atoms with Crippen molar-refractivity contribution in [3.05, 3.63) is 46.1 Å². The zero-order valence-electron chi connectivity index (χ0n) is 20.0. The van der Waals surface area contributed by atoms with E-state index in [2.05, 4.69) is 51.3 Å². The van der Waals surface area contributed by atoms with Crippen LogP contribution in [0.5, 0.6) is 0 Å². The number of carbonyl (C=O) groups excluding carboxylic acids is 1. The summed E-state index contributed by atoms with van der Waals surface area (Å²) < 4.78 is 0. The van der Waals surface area contributed by atoms with Crippen molar-refractivity contribution in [1.29, 1.82) is 0 Å². The molecule has 3 rings (SSSR count). The van der Waals surface area contributed by atoms with Gasteiger partial charge < -0.3 is 15.7 Å². The van der Waals surface area contributed by atoms with E-state index in [1.807, 2.05) is 25.3 Å². The minimum atomic E-state index is -0.891. The fourth-order valence-electron chi connectivity index (χ4n) is 4.68. The minimum Gasteiger partial charge on any atom is -0.481 e. The molecule has 0 spiro atoms. The molecule has 2 heterocycles. The Morgan fingerprint density at radius 3 is 2.56 bits per heavy atom. The Bertz CT molecular complexity index is 921. The van der Waals surface area contributed by atoms with Crippen molar-refractivity contribution in [2.45, 2.75) is 66.0 Å². The SMILES string of the molecule is CC(C)C1=CN(C2CNCC2C(=O)O)C(=O)N[C@@]1(C)c1ccc(CCC(C)(C)C)c(Cl)c1. The van der Waals surface area contributed by atoms with Crippen molar-refractivity contribution < 1.29 is 14.7 Å². The van der Waals surface area contributed by atoms with E-state index in [-0.39, 0.29) is 17.4 Å². The van der Waals surface area contributed by atoms with Crippen LogP contribution < -0.4 is 10.6 Å². The van der Waals surface area contributed by atoms with Crippen LogP contribution in [0.15, 0.2) is 30.0 Å². The number of halogens is 1. The lowest BCUT2D eigenvalue weighted by atomic mass is 9.77. The number of urea groups is 1. The van der Waals surface area contributed by atoms with Crippen LogP contribution >= 0.6 is 11.6 Å². The molecular weight excluding hydrogens is 426 g/mol. The zero-order chi connectivity index (χ0) is 23.8. The van der Waals surface area contributed by atoms with Gasteiger partial charge in [0.25, 0.3) is 0 Å². The zero-order valence-corrected chi connectivity index (χ0v) is 20.7. The number of carboxylic acids is 1. The highest BCUT2D eigenvalue weighted by molar-refractivity contribution is 6.31. The molecule has 2 aliphatic heterocycles. The van der Waals surface area contributed by atoms with Crippen LogP contribution in [0.1, 0.15) is 59.1 Å². The van der Waals surface area contributed by atoms with Crippen molar-refractivity contribution >= 4 is 23.6 Å². The Morgan fingerprint density at radius 2 is 2.00 bits per heavy atom. The average molecular weight is 462 g/mol. The Morgan fingerprint density at radius 1 is 1.31 bits per heavy atom. The van der Waals surface area contributed by atoms with Gasteiger partial charge in [0.05, 0.1) is 17.5 Å². The first-order valence-electron chi connectivity index (χ1n) is 11.4. The number of nitrogens with one attached hydrogen (secondary N) is 2. The summed E-state index contributed by atoms with van der Waals surface area (Å²) in [6, 6.07) is 5.36. The van der Waals surface area contributed by atoms with E-state index < -0.39 is 23.5 Å². The second kappa shape index (κ2) is 9.06. The van der Waals surface area contributed by atoms with Gasteiger partial charge >= 0.3 is 12.0 Å². The predicted octanol–water partition coefficient (Wildman–Crippen LogP) is 4.77. The average Bonchev–Trinajstić information content (AvgIpc) is 3.15. The summed E-state index contributed by atoms with van der Waals surface area (Å²) in [6.45, 7) is 13.6. The molecule has 3 N–H and O–H groups in total. The monoisotopic (exact) mass is 461 g/mol. The molecule has 1 aromatic rings. The molecule has 2 amide bonds. The Kier molecular flexibility index (Phi) is 6.97. The summed E-state index contributed by atoms with van der Waals surface area (Å²) in [5, 5.41) is 16.6. The van der Waals surface area contributed by atoms with Crippen LogP contribution in [0.25, 0.3) is 0 Å². The molecule has 0 aromatic heterocycles. The quantitative estimate of drug-likeness (QED) is 0.569. The molecule has 3 atom stereocenters. The standard InChI is InChI=1S/C25H36ClN3O3/c1-15(2)19-14-29(21-13-27-12-18(21)22(30)31)23(32)28-25(19,6)17-8-7-16(20(26)11-17)9-10-24(3,4)5/h7-8,11,14-15,18,21,27H,9-10,12-13H2,1-6H3,(H,28,32)(H,30,31)/t18?,21?,25-/m0/s1. The number of amides is 2. The van der Waals surface area contributed by atoms with E-state index in [0.29, 0.717) is 18.1 Å². The lowest BCUT2D eigenvalue weighted by Crippen LogP contribution is -2.58. The maximum atomic E-state index is 13.2. The summed E-state index contributed by atoms with van der Waals surface area (Å²) in [4.78, 5) is 26.4. The van der Waals surface area contributed by atoms with Crippen LogP contribution in [0.4, 0.5) is 4.79 Å². The molecule has 1 aromatic carbocycles. The van der Waals surface area contributed by atoms with Crippen LogP contribution in [-0.2, 0) is 16.8 Å². The highest BCUT2D eigenvalue weighted by atomic mass is 35.5. The highest BCUT2D eigenvalue weighted by Gasteiger charge is 2.45. The van der Waals surface area contributed by atoms with Crippen LogP contribution in [0, 0.1) is 17.3 Å². The van der Waals surface area contributed by atoms with Crippen molar-refractivity contribution in [3.63, 3.8) is 0 Å². The fourth-order valence-corrected chi connectivity index (χ4v) is 4.95. The molecule has 0 aliphatic carbocycles. The molecule has 1 saturated heterocycles. The number of hydrogen-bond donors (Lipinski definition) is 3. The van der Waals surface area contributed by atoms with Gasteiger partial charge in [0.15, 0.2) is 0 Å². The first kappa shape index (κ1) is 24.6. The number of carboxylic acid groups (broad SMARTS) is 1. The van der Waals surface area contributed by atoms with Gasteiger partial charge in [-0.05, 0) is 53.9 Å². The fraction of sp³-hybridized carbons (Fsp3) is 0.600. The molecule has 2 unspecified atom stereocenters. The first-order valence-corrected chi connectivity index (χ1v) is 11.8. The molecule has 0 radical (unpaired) electrons. The third-order valence-corrected chi connectivity index (χ3v) is 7.05. The number of rotatable bonds is 6. The van der Waals surface area contributed by atoms with E-state index in [1.165, 1.54) is 0 Å². The maximum Gasteiger partial charge on any atom is 0.322 e. The van der Waals surface area contributed by atoms with E-state index in [0.717, 1.165) is 29.5 Å². The number of aryl methyl sites for hydroxylation is 1. The van der Waals surface area contributed by atoms with E-state index in [9.17, 15) is 14.7 Å². The van der Waals surface area contributed by atoms with Crippen LogP contribution in [-0.4, -0.2) is 41.1 Å². The maximum absolute atomic E-state index is 13.2. The first-order chi connectivity index (χ1) is 14.8. The summed E-state index contributed by atoms with van der Waals surface area (Å²) in [7, 11) is 0. The van der Waals surface area contributed by atoms with E-state index >= 15 is 0 Å². The molecule has 7 heteroatoms. The Balaban J connectivity index is 1.95. The number of nitrogens with zero attached hydrogens (tertiary/aromatic N) is 1. The third-order valence-electron chi connectivity index (χ3n) is 6.70. The summed E-state index contributed by atoms with van der Waals surface area (Å²) in [5.74, 6) is -1.38. The molecule has 0 saturated carbocycles. The van der Waals surface area contributed by atoms with Crippen molar-refractivity contribution in [2.75, 3.05) is 13.1 Å². The van der Waals surface area contributed by atoms with Gasteiger partial charge in [-0.1, -0.05) is 58.4 Å². The van der Waals surface area contributed by atoms with E-state index in [1.54, 1.807) is 4.90 Å². The lowest BCUT2D eigenvalue weighted by Gasteiger charge is -2.44. The normalized spacial score (nSPS) is 26.3. The summed E-state index contributed by atoms with van der Waals surface area (Å²) in [5.41, 5.74) is 2.55. The lowest BCUT2D eigenvalue weighted by molar-refractivity contribution is -0.142. The van der Waals surface area contributed by atoms with Crippen molar-refractivity contribution in [2.24, 2.45) is 17.3 Å². The number of benzene rings is 1. The van der Waals surface area contributed by atoms with Gasteiger partial charge in [-0.2, -0.15) is 0 Å². The molecule has 1 fully saturated rings. The second-order valence-corrected chi connectivity index (χ2v) is 11.1. The topological polar surface area (TPSA) is 81.7 Å². The van der Waals surface area contributed by atoms with Crippen molar-refractivity contribution in [3.8, 4) is 0 Å². The highest BCUT2D eigenvalue weighted by Crippen LogP contribution is 2.39. The Labute approximate surface area is 196 Å². The molecule has 6 nitrogen and oxygen atoms in total. The molecule has 0 bridgehead atoms. The summed E-state index contributed by atoms with van der Waals surface area (Å²) in [6.07, 6.45) is 3.79. The minimum absolute atomic E-state index is 0.139. The third kappa shape index (κ3) is 4.96. The van der Waals surface area contributed by atoms with Crippen molar-refractivity contribution in [1.82, 2.24) is 15.5 Å². The van der Waals surface area contributed by atoms with Gasteiger partial charge in [-0.3, -0.25) is 9.69 Å². The molecular formula is C25H36ClN3O3. The van der Waals surface area contributed by atoms with Gasteiger partial charge in [0.1, 0.15) is 0 Å². The van der Waals surface area contributed by atoms with Gasteiger partial charge in [-0.25, -0.2) is 4.79 Å². The number of carbonyl (C=O) groups is 2. The van der Waals surface area contributed by atoms with Gasteiger partial charge in [0, 0.05) is 24.3 Å². The molecule has 32 heavy (non-hydrogen) atoms. The smallest absolute Gasteiger partial charge is 0.322 e. The second-order valence-electron chi connectivity index (χ2n) is 10.7. The predicted molar refractivity (Wildman–Crippen MR) is 128 cm³/mol. The van der Waals surface area contributed by atoms with Crippen LogP contribution in [0.3, 0.4) is 0 Å². The number of hydrogen-bond acceptors (Lipinski definition) is 3. The summed E-state index contributed by atoms with van der Waals surface area (Å²) >= 11 is 6.67. The Hall–Kier alpha value is -2.05. The van der Waals surface area contributed by atoms with E-state index in [4.69, 9.17) is 11.6 Å².